The average Bonchev–Trinajstić information content (AvgIpc) is 2.83. The second-order valence-electron chi connectivity index (χ2n) is 5.64. The van der Waals surface area contributed by atoms with Crippen LogP contribution in [0.1, 0.15) is 37.7 Å². The van der Waals surface area contributed by atoms with Gasteiger partial charge in [-0.05, 0) is 30.9 Å². The quantitative estimate of drug-likeness (QED) is 0.622. The molecule has 0 saturated heterocycles. The second-order valence-corrected chi connectivity index (χ2v) is 5.91. The van der Waals surface area contributed by atoms with E-state index in [0.29, 0.717) is 18.2 Å². The van der Waals surface area contributed by atoms with Gasteiger partial charge in [-0.2, -0.15) is 0 Å². The Hall–Kier alpha value is -1.55. The highest BCUT2D eigenvalue weighted by Crippen LogP contribution is 2.29. The standard InChI is InChI=1S/C16H21ClN2O2/c1-10(2)8-13(16(20)21-4)19-12-7-5-6-11(3)15(12)18-14(19)9-17/h5-7,10,13H,8-9H2,1-4H3. The van der Waals surface area contributed by atoms with Gasteiger partial charge in [0, 0.05) is 0 Å². The maximum atomic E-state index is 12.2. The van der Waals surface area contributed by atoms with Crippen molar-refractivity contribution in [3.8, 4) is 0 Å². The van der Waals surface area contributed by atoms with E-state index >= 15 is 0 Å². The summed E-state index contributed by atoms with van der Waals surface area (Å²) in [4.78, 5) is 16.8. The number of carbonyl (C=O) groups excluding carboxylic acids is 1. The van der Waals surface area contributed by atoms with Crippen molar-refractivity contribution in [2.24, 2.45) is 5.92 Å². The molecule has 21 heavy (non-hydrogen) atoms. The van der Waals surface area contributed by atoms with Crippen LogP contribution in [0.5, 0.6) is 0 Å². The summed E-state index contributed by atoms with van der Waals surface area (Å²) in [5, 5.41) is 0. The van der Waals surface area contributed by atoms with Crippen molar-refractivity contribution in [2.45, 2.75) is 39.1 Å². The predicted octanol–water partition coefficient (Wildman–Crippen LogP) is 3.84. The maximum absolute atomic E-state index is 12.2. The number of carbonyl (C=O) groups is 1. The summed E-state index contributed by atoms with van der Waals surface area (Å²) in [6, 6.07) is 5.56. The number of hydrogen-bond donors (Lipinski definition) is 0. The minimum atomic E-state index is -0.393. The SMILES string of the molecule is COC(=O)C(CC(C)C)n1c(CCl)nc2c(C)cccc21. The summed E-state index contributed by atoms with van der Waals surface area (Å²) in [5.74, 6) is 1.08. The van der Waals surface area contributed by atoms with Gasteiger partial charge in [0.1, 0.15) is 11.9 Å². The summed E-state index contributed by atoms with van der Waals surface area (Å²) in [7, 11) is 1.42. The Balaban J connectivity index is 2.65. The van der Waals surface area contributed by atoms with E-state index in [4.69, 9.17) is 16.3 Å². The summed E-state index contributed by atoms with van der Waals surface area (Å²) >= 11 is 6.05. The molecule has 5 heteroatoms. The fourth-order valence-electron chi connectivity index (χ4n) is 2.64. The molecule has 0 bridgehead atoms. The van der Waals surface area contributed by atoms with E-state index in [2.05, 4.69) is 18.8 Å². The molecule has 114 valence electrons. The molecule has 0 aliphatic rings. The highest BCUT2D eigenvalue weighted by Gasteiger charge is 2.27. The Morgan fingerprint density at radius 3 is 2.71 bits per heavy atom. The van der Waals surface area contributed by atoms with Gasteiger partial charge in [0.25, 0.3) is 0 Å². The summed E-state index contributed by atoms with van der Waals surface area (Å²) in [6.45, 7) is 6.18. The van der Waals surface area contributed by atoms with Crippen molar-refractivity contribution in [1.82, 2.24) is 9.55 Å². The number of halogens is 1. The molecule has 1 aromatic carbocycles. The van der Waals surface area contributed by atoms with Crippen LogP contribution in [-0.2, 0) is 15.4 Å². The van der Waals surface area contributed by atoms with Crippen LogP contribution in [-0.4, -0.2) is 22.6 Å². The number of hydrogen-bond acceptors (Lipinski definition) is 3. The molecule has 0 aliphatic heterocycles. The second kappa shape index (κ2) is 6.48. The fourth-order valence-corrected chi connectivity index (χ4v) is 2.83. The molecule has 2 aromatic rings. The largest absolute Gasteiger partial charge is 0.467 e. The first-order valence-corrected chi connectivity index (χ1v) is 7.63. The highest BCUT2D eigenvalue weighted by molar-refractivity contribution is 6.17. The van der Waals surface area contributed by atoms with E-state index in [0.717, 1.165) is 16.6 Å². The van der Waals surface area contributed by atoms with Gasteiger partial charge >= 0.3 is 5.97 Å². The van der Waals surface area contributed by atoms with Crippen molar-refractivity contribution in [3.63, 3.8) is 0 Å². The van der Waals surface area contributed by atoms with Gasteiger partial charge in [-0.3, -0.25) is 0 Å². The Kier molecular flexibility index (Phi) is 4.88. The minimum absolute atomic E-state index is 0.254. The third-order valence-corrected chi connectivity index (χ3v) is 3.83. The topological polar surface area (TPSA) is 44.1 Å². The zero-order valence-corrected chi connectivity index (χ0v) is 13.6. The first-order valence-electron chi connectivity index (χ1n) is 7.09. The zero-order valence-electron chi connectivity index (χ0n) is 12.9. The van der Waals surface area contributed by atoms with E-state index in [-0.39, 0.29) is 11.8 Å². The summed E-state index contributed by atoms with van der Waals surface area (Å²) in [5.41, 5.74) is 2.90. The molecule has 0 radical (unpaired) electrons. The van der Waals surface area contributed by atoms with E-state index in [9.17, 15) is 4.79 Å². The van der Waals surface area contributed by atoms with Crippen LogP contribution < -0.4 is 0 Å². The molecule has 1 unspecified atom stereocenters. The number of fused-ring (bicyclic) bond motifs is 1. The number of para-hydroxylation sites is 1. The molecule has 0 spiro atoms. The van der Waals surface area contributed by atoms with Gasteiger partial charge in [-0.25, -0.2) is 9.78 Å². The lowest BCUT2D eigenvalue weighted by Crippen LogP contribution is -2.24. The molecular weight excluding hydrogens is 288 g/mol. The molecule has 0 saturated carbocycles. The van der Waals surface area contributed by atoms with Gasteiger partial charge in [0.15, 0.2) is 0 Å². The maximum Gasteiger partial charge on any atom is 0.328 e. The molecule has 1 atom stereocenters. The zero-order chi connectivity index (χ0) is 15.6. The lowest BCUT2D eigenvalue weighted by atomic mass is 10.0. The van der Waals surface area contributed by atoms with Crippen LogP contribution in [0.4, 0.5) is 0 Å². The number of rotatable bonds is 5. The van der Waals surface area contributed by atoms with E-state index < -0.39 is 6.04 Å². The van der Waals surface area contributed by atoms with Gasteiger partial charge in [-0.15, -0.1) is 11.6 Å². The molecule has 2 rings (SSSR count). The molecule has 1 heterocycles. The lowest BCUT2D eigenvalue weighted by Gasteiger charge is -2.21. The fraction of sp³-hybridized carbons (Fsp3) is 0.500. The van der Waals surface area contributed by atoms with E-state index in [1.165, 1.54) is 7.11 Å². The van der Waals surface area contributed by atoms with Gasteiger partial charge in [0.05, 0.1) is 24.0 Å². The Morgan fingerprint density at radius 2 is 2.14 bits per heavy atom. The molecule has 1 aromatic heterocycles. The molecular formula is C16H21ClN2O2. The Bertz CT molecular complexity index is 649. The predicted molar refractivity (Wildman–Crippen MR) is 84.5 cm³/mol. The number of benzene rings is 1. The molecule has 0 aliphatic carbocycles. The summed E-state index contributed by atoms with van der Waals surface area (Å²) in [6.07, 6.45) is 0.690. The average molecular weight is 309 g/mol. The Labute approximate surface area is 130 Å². The normalized spacial score (nSPS) is 12.9. The third kappa shape index (κ3) is 3.05. The number of ether oxygens (including phenoxy) is 1. The Morgan fingerprint density at radius 1 is 1.43 bits per heavy atom. The molecule has 4 nitrogen and oxygen atoms in total. The lowest BCUT2D eigenvalue weighted by molar-refractivity contribution is -0.145. The van der Waals surface area contributed by atoms with Gasteiger partial charge in [-0.1, -0.05) is 26.0 Å². The number of aromatic nitrogens is 2. The van der Waals surface area contributed by atoms with Crippen LogP contribution in [0, 0.1) is 12.8 Å². The summed E-state index contributed by atoms with van der Waals surface area (Å²) < 4.78 is 6.92. The van der Waals surface area contributed by atoms with E-state index in [1.54, 1.807) is 0 Å². The number of esters is 1. The monoisotopic (exact) mass is 308 g/mol. The van der Waals surface area contributed by atoms with Gasteiger partial charge < -0.3 is 9.30 Å². The molecule has 0 fully saturated rings. The third-order valence-electron chi connectivity index (χ3n) is 3.59. The molecule has 0 amide bonds. The number of aryl methyl sites for hydroxylation is 1. The minimum Gasteiger partial charge on any atom is -0.467 e. The van der Waals surface area contributed by atoms with Crippen molar-refractivity contribution in [3.05, 3.63) is 29.6 Å². The number of imidazole rings is 1. The van der Waals surface area contributed by atoms with Crippen LogP contribution >= 0.6 is 11.6 Å². The number of nitrogens with zero attached hydrogens (tertiary/aromatic N) is 2. The van der Waals surface area contributed by atoms with Crippen LogP contribution in [0.15, 0.2) is 18.2 Å². The van der Waals surface area contributed by atoms with Gasteiger partial charge in [0.2, 0.25) is 0 Å². The highest BCUT2D eigenvalue weighted by atomic mass is 35.5. The van der Waals surface area contributed by atoms with Crippen molar-refractivity contribution in [1.29, 1.82) is 0 Å². The van der Waals surface area contributed by atoms with Crippen LogP contribution in [0.3, 0.4) is 0 Å². The molecule has 0 N–H and O–H groups in total. The van der Waals surface area contributed by atoms with Crippen LogP contribution in [0.2, 0.25) is 0 Å². The van der Waals surface area contributed by atoms with Crippen molar-refractivity contribution < 1.29 is 9.53 Å². The van der Waals surface area contributed by atoms with Crippen molar-refractivity contribution in [2.75, 3.05) is 7.11 Å². The first kappa shape index (κ1) is 15.8. The van der Waals surface area contributed by atoms with E-state index in [1.807, 2.05) is 29.7 Å². The number of methoxy groups -OCH3 is 1. The smallest absolute Gasteiger partial charge is 0.328 e. The first-order chi connectivity index (χ1) is 9.99. The van der Waals surface area contributed by atoms with Crippen LogP contribution in [0.25, 0.3) is 11.0 Å². The van der Waals surface area contributed by atoms with Crippen molar-refractivity contribution >= 4 is 28.6 Å². The number of alkyl halides is 1.